The number of halogens is 3. The summed E-state index contributed by atoms with van der Waals surface area (Å²) in [6.07, 6.45) is -4.15. The number of rotatable bonds is 4. The lowest BCUT2D eigenvalue weighted by Gasteiger charge is -2.24. The van der Waals surface area contributed by atoms with Crippen LogP contribution in [0, 0.1) is 0 Å². The highest BCUT2D eigenvalue weighted by atomic mass is 19.4. The Hall–Kier alpha value is -1.54. The molecule has 21 heavy (non-hydrogen) atoms. The van der Waals surface area contributed by atoms with Gasteiger partial charge in [-0.15, -0.1) is 0 Å². The quantitative estimate of drug-likeness (QED) is 0.657. The molecule has 8 heteroatoms. The van der Waals surface area contributed by atoms with Crippen LogP contribution in [-0.2, 0) is 10.9 Å². The lowest BCUT2D eigenvalue weighted by molar-refractivity contribution is -0.137. The van der Waals surface area contributed by atoms with E-state index in [0.717, 1.165) is 6.07 Å². The predicted octanol–water partition coefficient (Wildman–Crippen LogP) is 1.73. The molecular formula is C13H16BF3O4. The van der Waals surface area contributed by atoms with Gasteiger partial charge in [-0.1, -0.05) is 6.92 Å². The predicted molar refractivity (Wildman–Crippen MR) is 71.1 cm³/mol. The van der Waals surface area contributed by atoms with Crippen LogP contribution in [0.15, 0.2) is 18.2 Å². The van der Waals surface area contributed by atoms with E-state index in [9.17, 15) is 28.0 Å². The average molecular weight is 304 g/mol. The third-order valence-corrected chi connectivity index (χ3v) is 3.10. The van der Waals surface area contributed by atoms with Crippen molar-refractivity contribution in [3.8, 4) is 0 Å². The first kappa shape index (κ1) is 17.5. The molecule has 0 unspecified atom stereocenters. The summed E-state index contributed by atoms with van der Waals surface area (Å²) in [5.41, 5.74) is -2.73. The summed E-state index contributed by atoms with van der Waals surface area (Å²) in [5, 5.41) is 18.4. The number of alkyl halides is 3. The van der Waals surface area contributed by atoms with Crippen molar-refractivity contribution in [2.75, 3.05) is 0 Å². The fraction of sp³-hybridized carbons (Fsp3) is 0.462. The van der Waals surface area contributed by atoms with Crippen LogP contribution in [0.5, 0.6) is 0 Å². The smallest absolute Gasteiger partial charge is 0.456 e. The minimum atomic E-state index is -4.64. The molecule has 116 valence electrons. The van der Waals surface area contributed by atoms with E-state index in [1.54, 1.807) is 20.8 Å². The molecule has 0 bridgehead atoms. The van der Waals surface area contributed by atoms with Gasteiger partial charge in [-0.2, -0.15) is 13.2 Å². The fourth-order valence-corrected chi connectivity index (χ4v) is 1.52. The van der Waals surface area contributed by atoms with Gasteiger partial charge in [0, 0.05) is 0 Å². The molecule has 0 saturated heterocycles. The lowest BCUT2D eigenvalue weighted by Crippen LogP contribution is -2.38. The average Bonchev–Trinajstić information content (AvgIpc) is 2.36. The first-order chi connectivity index (χ1) is 9.48. The van der Waals surface area contributed by atoms with E-state index in [1.807, 2.05) is 0 Å². The third kappa shape index (κ3) is 4.47. The fourth-order valence-electron chi connectivity index (χ4n) is 1.52. The highest BCUT2D eigenvalue weighted by Crippen LogP contribution is 2.29. The minimum absolute atomic E-state index is 0.306. The Labute approximate surface area is 120 Å². The summed E-state index contributed by atoms with van der Waals surface area (Å²) in [7, 11) is -2.21. The van der Waals surface area contributed by atoms with Gasteiger partial charge in [0.15, 0.2) is 0 Å². The summed E-state index contributed by atoms with van der Waals surface area (Å²) in [4.78, 5) is 12.0. The zero-order valence-corrected chi connectivity index (χ0v) is 11.9. The first-order valence-electron chi connectivity index (χ1n) is 6.28. The van der Waals surface area contributed by atoms with Crippen molar-refractivity contribution in [1.82, 2.24) is 0 Å². The molecule has 1 rings (SSSR count). The Kier molecular flexibility index (Phi) is 5.06. The van der Waals surface area contributed by atoms with E-state index in [4.69, 9.17) is 4.74 Å². The largest absolute Gasteiger partial charge is 0.489 e. The van der Waals surface area contributed by atoms with Crippen LogP contribution in [0.4, 0.5) is 13.2 Å². The molecule has 0 radical (unpaired) electrons. The summed E-state index contributed by atoms with van der Waals surface area (Å²) >= 11 is 0. The van der Waals surface area contributed by atoms with Gasteiger partial charge < -0.3 is 14.8 Å². The van der Waals surface area contributed by atoms with E-state index in [2.05, 4.69) is 0 Å². The van der Waals surface area contributed by atoms with Gasteiger partial charge >= 0.3 is 19.3 Å². The topological polar surface area (TPSA) is 66.8 Å². The van der Waals surface area contributed by atoms with Gasteiger partial charge in [-0.25, -0.2) is 4.79 Å². The number of hydrogen-bond donors (Lipinski definition) is 2. The molecule has 0 heterocycles. The number of esters is 1. The van der Waals surface area contributed by atoms with Crippen molar-refractivity contribution < 1.29 is 32.8 Å². The molecule has 0 aliphatic heterocycles. The maximum absolute atomic E-state index is 12.6. The van der Waals surface area contributed by atoms with E-state index in [1.165, 1.54) is 0 Å². The molecule has 0 aliphatic rings. The minimum Gasteiger partial charge on any atom is -0.456 e. The van der Waals surface area contributed by atoms with E-state index in [-0.39, 0.29) is 5.56 Å². The van der Waals surface area contributed by atoms with E-state index >= 15 is 0 Å². The van der Waals surface area contributed by atoms with Crippen molar-refractivity contribution in [2.45, 2.75) is 39.0 Å². The standard InChI is InChI=1S/C13H16BF3O4/c1-4-12(2,3)21-11(18)9-6-5-8(13(15,16)17)7-10(9)14(19)20/h5-7,19-20H,4H2,1-3H3. The Bertz CT molecular complexity index is 527. The van der Waals surface area contributed by atoms with Crippen molar-refractivity contribution in [3.63, 3.8) is 0 Å². The SMILES string of the molecule is CCC(C)(C)OC(=O)c1ccc(C(F)(F)F)cc1B(O)O. The van der Waals surface area contributed by atoms with Gasteiger partial charge in [0.25, 0.3) is 0 Å². The Balaban J connectivity index is 3.22. The first-order valence-corrected chi connectivity index (χ1v) is 6.28. The van der Waals surface area contributed by atoms with Gasteiger partial charge in [0.1, 0.15) is 5.60 Å². The monoisotopic (exact) mass is 304 g/mol. The lowest BCUT2D eigenvalue weighted by atomic mass is 9.76. The second-order valence-corrected chi connectivity index (χ2v) is 5.18. The molecule has 2 N–H and O–H groups in total. The molecule has 0 spiro atoms. The summed E-state index contributed by atoms with van der Waals surface area (Å²) < 4.78 is 43.0. The number of benzene rings is 1. The molecule has 0 fully saturated rings. The van der Waals surface area contributed by atoms with E-state index in [0.29, 0.717) is 18.6 Å². The molecule has 0 amide bonds. The zero-order valence-electron chi connectivity index (χ0n) is 11.9. The summed E-state index contributed by atoms with van der Waals surface area (Å²) in [6.45, 7) is 5.07. The molecule has 1 aromatic rings. The van der Waals surface area contributed by atoms with Crippen LogP contribution in [0.3, 0.4) is 0 Å². The van der Waals surface area contributed by atoms with Crippen molar-refractivity contribution in [2.24, 2.45) is 0 Å². The maximum Gasteiger partial charge on any atom is 0.489 e. The van der Waals surface area contributed by atoms with Gasteiger partial charge in [-0.3, -0.25) is 0 Å². The van der Waals surface area contributed by atoms with Crippen LogP contribution < -0.4 is 5.46 Å². The van der Waals surface area contributed by atoms with Gasteiger partial charge in [0.05, 0.1) is 11.1 Å². The summed E-state index contributed by atoms with van der Waals surface area (Å²) in [5.74, 6) is -0.904. The van der Waals surface area contributed by atoms with E-state index < -0.39 is 35.9 Å². The van der Waals surface area contributed by atoms with Crippen LogP contribution in [0.1, 0.15) is 43.1 Å². The molecule has 4 nitrogen and oxygen atoms in total. The highest BCUT2D eigenvalue weighted by molar-refractivity contribution is 6.60. The Morgan fingerprint density at radius 1 is 1.29 bits per heavy atom. The molecular weight excluding hydrogens is 288 g/mol. The third-order valence-electron chi connectivity index (χ3n) is 3.10. The number of carbonyl (C=O) groups is 1. The van der Waals surface area contributed by atoms with Crippen molar-refractivity contribution in [3.05, 3.63) is 29.3 Å². The van der Waals surface area contributed by atoms with Gasteiger partial charge in [0.2, 0.25) is 0 Å². The molecule has 0 aromatic heterocycles. The highest BCUT2D eigenvalue weighted by Gasteiger charge is 2.34. The van der Waals surface area contributed by atoms with Crippen molar-refractivity contribution >= 4 is 18.6 Å². The van der Waals surface area contributed by atoms with Crippen LogP contribution >= 0.6 is 0 Å². The van der Waals surface area contributed by atoms with Crippen LogP contribution in [-0.4, -0.2) is 28.7 Å². The molecule has 0 atom stereocenters. The second-order valence-electron chi connectivity index (χ2n) is 5.18. The number of ether oxygens (including phenoxy) is 1. The Morgan fingerprint density at radius 2 is 1.86 bits per heavy atom. The van der Waals surface area contributed by atoms with Crippen molar-refractivity contribution in [1.29, 1.82) is 0 Å². The zero-order chi connectivity index (χ0) is 16.4. The number of carbonyl (C=O) groups excluding carboxylic acids is 1. The second kappa shape index (κ2) is 6.07. The Morgan fingerprint density at radius 3 is 2.29 bits per heavy atom. The molecule has 1 aromatic carbocycles. The van der Waals surface area contributed by atoms with Crippen LogP contribution in [0.25, 0.3) is 0 Å². The summed E-state index contributed by atoms with van der Waals surface area (Å²) in [6, 6.07) is 2.10. The maximum atomic E-state index is 12.6. The molecule has 0 saturated carbocycles. The molecule has 0 aliphatic carbocycles. The number of hydrogen-bond acceptors (Lipinski definition) is 4. The normalized spacial score (nSPS) is 12.2. The van der Waals surface area contributed by atoms with Crippen LogP contribution in [0.2, 0.25) is 0 Å². The van der Waals surface area contributed by atoms with Gasteiger partial charge in [-0.05, 0) is 43.9 Å².